The molecule has 0 bridgehead atoms. The van der Waals surface area contributed by atoms with Gasteiger partial charge in [0.2, 0.25) is 0 Å². The monoisotopic (exact) mass is 406 g/mol. The van der Waals surface area contributed by atoms with Gasteiger partial charge >= 0.3 is 134 Å². The second-order valence-electron chi connectivity index (χ2n) is 5.48. The Labute approximate surface area is 157 Å². The molecule has 0 aliphatic heterocycles. The fourth-order valence-corrected chi connectivity index (χ4v) is 6.34. The van der Waals surface area contributed by atoms with E-state index < -0.39 is 7.38 Å². The van der Waals surface area contributed by atoms with E-state index in [1.807, 2.05) is 12.3 Å². The van der Waals surface area contributed by atoms with Gasteiger partial charge in [-0.2, -0.15) is 0 Å². The first-order valence-electron chi connectivity index (χ1n) is 6.62. The van der Waals surface area contributed by atoms with Gasteiger partial charge in [-0.05, 0) is 0 Å². The number of para-hydroxylation sites is 1. The Morgan fingerprint density at radius 3 is 2.45 bits per heavy atom. The van der Waals surface area contributed by atoms with Crippen LogP contribution in [-0.2, 0) is 16.3 Å². The maximum Gasteiger partial charge on any atom is -1.00 e. The molecular formula is C16H15Cl3CrNSi. The van der Waals surface area contributed by atoms with Gasteiger partial charge in [0, 0.05) is 0 Å². The topological polar surface area (TPSA) is 12.9 Å². The fraction of sp³-hybridized carbons (Fsp3) is 0.188. The summed E-state index contributed by atoms with van der Waals surface area (Å²) < 4.78 is 1.23. The third-order valence-corrected chi connectivity index (χ3v) is 7.00. The molecule has 1 heterocycles. The van der Waals surface area contributed by atoms with Crippen LogP contribution in [0.2, 0.25) is 13.1 Å². The van der Waals surface area contributed by atoms with Crippen molar-refractivity contribution >= 4 is 34.9 Å². The summed E-state index contributed by atoms with van der Waals surface area (Å²) in [4.78, 5) is 4.55. The van der Waals surface area contributed by atoms with Gasteiger partial charge in [-0.1, -0.05) is 0 Å². The molecule has 22 heavy (non-hydrogen) atoms. The van der Waals surface area contributed by atoms with E-state index in [1.54, 1.807) is 0 Å². The van der Waals surface area contributed by atoms with Crippen molar-refractivity contribution in [3.05, 3.63) is 57.8 Å². The van der Waals surface area contributed by atoms with Crippen LogP contribution in [0.4, 0.5) is 0 Å². The van der Waals surface area contributed by atoms with Crippen molar-refractivity contribution in [1.82, 2.24) is 4.98 Å². The second-order valence-corrected chi connectivity index (χ2v) is 12.4. The van der Waals surface area contributed by atoms with Crippen LogP contribution in [0.5, 0.6) is 0 Å². The summed E-state index contributed by atoms with van der Waals surface area (Å²) in [5.74, 6) is 0. The molecule has 1 aliphatic rings. The molecule has 0 saturated heterocycles. The Balaban J connectivity index is 0.00000121. The van der Waals surface area contributed by atoms with Crippen molar-refractivity contribution in [1.29, 1.82) is 0 Å². The molecule has 1 aromatic heterocycles. The summed E-state index contributed by atoms with van der Waals surface area (Å²) in [6, 6.07) is 10.4. The van der Waals surface area contributed by atoms with Crippen LogP contribution in [-0.4, -0.2) is 12.4 Å². The van der Waals surface area contributed by atoms with Gasteiger partial charge < -0.3 is 24.8 Å². The average molecular weight is 408 g/mol. The quantitative estimate of drug-likeness (QED) is 0.451. The van der Waals surface area contributed by atoms with Crippen LogP contribution >= 0.6 is 11.1 Å². The number of aromatic nitrogens is 1. The van der Waals surface area contributed by atoms with Gasteiger partial charge in [0.1, 0.15) is 0 Å². The minimum Gasteiger partial charge on any atom is -1.00 e. The van der Waals surface area contributed by atoms with E-state index >= 15 is 0 Å². The maximum atomic E-state index is 6.61. The van der Waals surface area contributed by atoms with Crippen LogP contribution in [0.15, 0.2) is 52.2 Å². The number of fused-ring (bicyclic) bond motifs is 1. The van der Waals surface area contributed by atoms with E-state index in [0.717, 1.165) is 11.9 Å². The zero-order valence-corrected chi connectivity index (χ0v) is 16.8. The van der Waals surface area contributed by atoms with Crippen molar-refractivity contribution in [2.45, 2.75) is 19.5 Å². The molecule has 2 aromatic rings. The number of pyridine rings is 1. The van der Waals surface area contributed by atoms with Crippen molar-refractivity contribution in [3.63, 3.8) is 0 Å². The number of rotatable bonds is 2. The number of hydrogen-bond donors (Lipinski definition) is 0. The number of allylic oxidation sites excluding steroid dienone is 4. The average Bonchev–Trinajstić information content (AvgIpc) is 2.80. The first-order chi connectivity index (χ1) is 9.48. The summed E-state index contributed by atoms with van der Waals surface area (Å²) in [5.41, 5.74) is 3.62. The molecule has 0 amide bonds. The van der Waals surface area contributed by atoms with E-state index in [1.165, 1.54) is 26.2 Å². The SMILES string of the molecule is C[Si](C)(Cl)C1=CCC(c2cccc3cccnc23)=[C]1[Cr+2].[Cl-].[Cl-]. The summed E-state index contributed by atoms with van der Waals surface area (Å²) in [5, 5.41) is 2.50. The number of benzene rings is 1. The van der Waals surface area contributed by atoms with E-state index in [9.17, 15) is 0 Å². The summed E-state index contributed by atoms with van der Waals surface area (Å²) in [6.07, 6.45) is 5.08. The smallest absolute Gasteiger partial charge is 1.00 e. The van der Waals surface area contributed by atoms with Crippen LogP contribution < -0.4 is 24.8 Å². The molecular weight excluding hydrogens is 393 g/mol. The molecule has 0 atom stereocenters. The van der Waals surface area contributed by atoms with Gasteiger partial charge in [0.05, 0.1) is 0 Å². The van der Waals surface area contributed by atoms with Crippen LogP contribution in [0.25, 0.3) is 16.5 Å². The third-order valence-electron chi connectivity index (χ3n) is 3.63. The van der Waals surface area contributed by atoms with Crippen molar-refractivity contribution in [3.8, 4) is 0 Å². The molecule has 0 saturated carbocycles. The number of halogens is 3. The Morgan fingerprint density at radius 1 is 1.14 bits per heavy atom. The molecule has 1 aliphatic carbocycles. The van der Waals surface area contributed by atoms with Crippen molar-refractivity contribution in [2.75, 3.05) is 0 Å². The van der Waals surface area contributed by atoms with Gasteiger partial charge in [-0.25, -0.2) is 0 Å². The normalized spacial score (nSPS) is 14.4. The minimum atomic E-state index is -1.81. The van der Waals surface area contributed by atoms with Crippen LogP contribution in [0, 0.1) is 0 Å². The number of hydrogen-bond acceptors (Lipinski definition) is 1. The number of nitrogens with zero attached hydrogens (tertiary/aromatic N) is 1. The molecule has 0 fully saturated rings. The van der Waals surface area contributed by atoms with Gasteiger partial charge in [0.15, 0.2) is 0 Å². The molecule has 0 spiro atoms. The Morgan fingerprint density at radius 2 is 1.82 bits per heavy atom. The minimum absolute atomic E-state index is 0. The van der Waals surface area contributed by atoms with Crippen LogP contribution in [0.1, 0.15) is 12.0 Å². The molecule has 0 radical (unpaired) electrons. The molecule has 0 N–H and O–H groups in total. The van der Waals surface area contributed by atoms with Crippen LogP contribution in [0.3, 0.4) is 0 Å². The second kappa shape index (κ2) is 7.53. The zero-order valence-electron chi connectivity index (χ0n) is 12.2. The standard InChI is InChI=1S/C16H15ClNSi.2ClH.Cr/c1-19(2,17)14-9-8-13(11-14)15-7-3-5-12-6-4-10-18-16(12)15;;;/h3-7,9-10H,8H2,1-2H3;2*1H;/q;;;+2/p-2. The Kier molecular flexibility index (Phi) is 6.77. The predicted molar refractivity (Wildman–Crippen MR) is 84.7 cm³/mol. The van der Waals surface area contributed by atoms with E-state index in [0.29, 0.717) is 0 Å². The molecule has 6 heteroatoms. The van der Waals surface area contributed by atoms with Gasteiger partial charge in [0.25, 0.3) is 0 Å². The third kappa shape index (κ3) is 3.62. The van der Waals surface area contributed by atoms with E-state index in [4.69, 9.17) is 11.1 Å². The van der Waals surface area contributed by atoms with Crippen molar-refractivity contribution < 1.29 is 41.1 Å². The van der Waals surface area contributed by atoms with E-state index in [2.05, 4.69) is 64.7 Å². The largest absolute Gasteiger partial charge is 1.00 e. The molecule has 115 valence electrons. The summed E-state index contributed by atoms with van der Waals surface area (Å²) in [7, 11) is -1.81. The Bertz CT molecular complexity index is 745. The summed E-state index contributed by atoms with van der Waals surface area (Å²) >= 11 is 9.85. The van der Waals surface area contributed by atoms with Gasteiger partial charge in [-0.3, -0.25) is 0 Å². The maximum absolute atomic E-state index is 6.61. The first-order valence-corrected chi connectivity index (χ1v) is 11.3. The van der Waals surface area contributed by atoms with Crippen molar-refractivity contribution in [2.24, 2.45) is 0 Å². The zero-order chi connectivity index (χ0) is 14.3. The fourth-order valence-electron chi connectivity index (χ4n) is 2.64. The predicted octanol–water partition coefficient (Wildman–Crippen LogP) is -1.19. The summed E-state index contributed by atoms with van der Waals surface area (Å²) in [6.45, 7) is 4.34. The first kappa shape index (κ1) is 19.8. The molecule has 0 unspecified atom stereocenters. The van der Waals surface area contributed by atoms with E-state index in [-0.39, 0.29) is 24.8 Å². The molecule has 1 aromatic carbocycles. The molecule has 3 rings (SSSR count). The van der Waals surface area contributed by atoms with Gasteiger partial charge in [-0.15, -0.1) is 0 Å². The Hall–Kier alpha value is -0.271. The molecule has 1 nitrogen and oxygen atoms in total.